The Balaban J connectivity index is 4.23. The Bertz CT molecular complexity index is 97.1. The lowest BCUT2D eigenvalue weighted by Crippen LogP contribution is -2.37. The smallest absolute Gasteiger partial charge is 0.169 e. The number of hydrogen-bond acceptors (Lipinski definition) is 0. The number of hydrogen-bond donors (Lipinski definition) is 0. The number of alkyl halides is 6. The third-order valence-electron chi connectivity index (χ3n) is 0.595. The highest BCUT2D eigenvalue weighted by Crippen LogP contribution is 2.36. The van der Waals surface area contributed by atoms with Crippen LogP contribution in [0, 0.1) is 0 Å². The van der Waals surface area contributed by atoms with Crippen LogP contribution in [-0.2, 0) is 0 Å². The van der Waals surface area contributed by atoms with E-state index in [4.69, 9.17) is 0 Å². The van der Waals surface area contributed by atoms with E-state index in [-0.39, 0.29) is 0 Å². The van der Waals surface area contributed by atoms with Gasteiger partial charge in [-0.1, -0.05) is 12.6 Å². The van der Waals surface area contributed by atoms with Crippen molar-refractivity contribution in [2.45, 2.75) is 17.6 Å². The zero-order valence-electron chi connectivity index (χ0n) is 4.25. The van der Waals surface area contributed by atoms with Gasteiger partial charge in [-0.25, -0.2) is 0 Å². The highest BCUT2D eigenvalue weighted by Gasteiger charge is 2.55. The van der Waals surface area contributed by atoms with Gasteiger partial charge in [-0.2, -0.15) is 26.3 Å². The zero-order valence-corrected chi connectivity index (χ0v) is 5.07. The van der Waals surface area contributed by atoms with Gasteiger partial charge in [-0.05, 0) is 0 Å². The molecular formula is C3HF6S. The first-order chi connectivity index (χ1) is 4.15. The minimum absolute atomic E-state index is 3.16. The van der Waals surface area contributed by atoms with Gasteiger partial charge in [0, 0.05) is 0 Å². The van der Waals surface area contributed by atoms with Crippen LogP contribution in [0.3, 0.4) is 0 Å². The Labute approximate surface area is 57.6 Å². The maximum atomic E-state index is 11.1. The second kappa shape index (κ2) is 2.52. The molecule has 7 heteroatoms. The minimum Gasteiger partial charge on any atom is -0.169 e. The topological polar surface area (TPSA) is 0 Å². The summed E-state index contributed by atoms with van der Waals surface area (Å²) < 4.78 is 66.7. The van der Waals surface area contributed by atoms with Crippen molar-refractivity contribution in [1.82, 2.24) is 0 Å². The molecule has 0 nitrogen and oxygen atoms in total. The fourth-order valence-corrected chi connectivity index (χ4v) is 0.186. The Morgan fingerprint density at radius 1 is 0.800 bits per heavy atom. The summed E-state index contributed by atoms with van der Waals surface area (Å²) in [4.78, 5) is 0. The largest absolute Gasteiger partial charge is 0.410 e. The molecule has 0 fully saturated rings. The fraction of sp³-hybridized carbons (Fsp3) is 1.00. The van der Waals surface area contributed by atoms with Gasteiger partial charge in [-0.15, -0.1) is 0 Å². The highest BCUT2D eigenvalue weighted by atomic mass is 32.1. The normalized spacial score (nSPS) is 14.4. The van der Waals surface area contributed by atoms with E-state index in [2.05, 4.69) is 12.6 Å². The summed E-state index contributed by atoms with van der Waals surface area (Å²) in [6, 6.07) is 0. The molecule has 0 N–H and O–H groups in total. The molecule has 0 aromatic heterocycles. The van der Waals surface area contributed by atoms with Crippen molar-refractivity contribution < 1.29 is 26.3 Å². The number of halogens is 6. The third-order valence-corrected chi connectivity index (χ3v) is 1.13. The van der Waals surface area contributed by atoms with Crippen LogP contribution in [0.5, 0.6) is 0 Å². The van der Waals surface area contributed by atoms with Gasteiger partial charge in [0.2, 0.25) is 5.25 Å². The van der Waals surface area contributed by atoms with Gasteiger partial charge in [0.1, 0.15) is 0 Å². The van der Waals surface area contributed by atoms with Crippen LogP contribution in [0.15, 0.2) is 0 Å². The molecule has 61 valence electrons. The van der Waals surface area contributed by atoms with Gasteiger partial charge < -0.3 is 0 Å². The SMILES string of the molecule is FC(F)(F)C([S])C(F)(F)F. The molecule has 0 atom stereocenters. The summed E-state index contributed by atoms with van der Waals surface area (Å²) in [5, 5.41) is -3.65. The summed E-state index contributed by atoms with van der Waals surface area (Å²) in [6.07, 6.45) is -10.7. The van der Waals surface area contributed by atoms with Gasteiger partial charge in [0.15, 0.2) is 0 Å². The second-order valence-corrected chi connectivity index (χ2v) is 1.93. The maximum absolute atomic E-state index is 11.1. The van der Waals surface area contributed by atoms with Gasteiger partial charge in [-0.3, -0.25) is 0 Å². The molecule has 0 aliphatic carbocycles. The molecular weight excluding hydrogens is 182 g/mol. The average Bonchev–Trinajstić information content (AvgIpc) is 1.59. The molecule has 0 aromatic rings. The third kappa shape index (κ3) is 2.68. The molecule has 0 amide bonds. The van der Waals surface area contributed by atoms with Crippen LogP contribution >= 0.6 is 12.6 Å². The van der Waals surface area contributed by atoms with Crippen molar-refractivity contribution in [3.63, 3.8) is 0 Å². The average molecular weight is 183 g/mol. The summed E-state index contributed by atoms with van der Waals surface area (Å²) in [5.74, 6) is 0. The molecule has 1 radical (unpaired) electrons. The van der Waals surface area contributed by atoms with Crippen molar-refractivity contribution in [1.29, 1.82) is 0 Å². The summed E-state index contributed by atoms with van der Waals surface area (Å²) in [6.45, 7) is 0. The Morgan fingerprint density at radius 2 is 1.00 bits per heavy atom. The Kier molecular flexibility index (Phi) is 2.50. The summed E-state index contributed by atoms with van der Waals surface area (Å²) in [5.41, 5.74) is 0. The second-order valence-electron chi connectivity index (χ2n) is 1.46. The lowest BCUT2D eigenvalue weighted by molar-refractivity contribution is -0.223. The quantitative estimate of drug-likeness (QED) is 0.506. The first kappa shape index (κ1) is 9.93. The predicted molar refractivity (Wildman–Crippen MR) is 23.5 cm³/mol. The first-order valence-corrected chi connectivity index (χ1v) is 2.42. The number of rotatable bonds is 0. The van der Waals surface area contributed by atoms with E-state index in [1.807, 2.05) is 0 Å². The van der Waals surface area contributed by atoms with Crippen LogP contribution in [0.4, 0.5) is 26.3 Å². The van der Waals surface area contributed by atoms with Crippen LogP contribution in [0.2, 0.25) is 0 Å². The molecule has 0 heterocycles. The molecule has 0 unspecified atom stereocenters. The molecule has 0 rings (SSSR count). The van der Waals surface area contributed by atoms with E-state index in [1.165, 1.54) is 0 Å². The van der Waals surface area contributed by atoms with E-state index in [0.717, 1.165) is 0 Å². The van der Waals surface area contributed by atoms with Crippen molar-refractivity contribution >= 4 is 12.6 Å². The molecule has 0 spiro atoms. The predicted octanol–water partition coefficient (Wildman–Crippen LogP) is 2.68. The standard InChI is InChI=1S/C3HF6S/c4-2(5,6)1(10)3(7,8)9/h1H. The van der Waals surface area contributed by atoms with Gasteiger partial charge in [0.25, 0.3) is 0 Å². The molecule has 0 aliphatic rings. The summed E-state index contributed by atoms with van der Waals surface area (Å²) >= 11 is 3.16. The summed E-state index contributed by atoms with van der Waals surface area (Å²) in [7, 11) is 0. The molecule has 0 aliphatic heterocycles. The van der Waals surface area contributed by atoms with Gasteiger partial charge >= 0.3 is 12.4 Å². The van der Waals surface area contributed by atoms with Crippen LogP contribution in [-0.4, -0.2) is 17.6 Å². The lowest BCUT2D eigenvalue weighted by atomic mass is 10.4. The minimum atomic E-state index is -5.37. The molecule has 0 bridgehead atoms. The van der Waals surface area contributed by atoms with E-state index < -0.39 is 17.6 Å². The maximum Gasteiger partial charge on any atom is 0.410 e. The molecule has 0 saturated heterocycles. The van der Waals surface area contributed by atoms with Gasteiger partial charge in [0.05, 0.1) is 0 Å². The molecule has 10 heavy (non-hydrogen) atoms. The van der Waals surface area contributed by atoms with E-state index >= 15 is 0 Å². The van der Waals surface area contributed by atoms with Crippen molar-refractivity contribution in [3.8, 4) is 0 Å². The lowest BCUT2D eigenvalue weighted by Gasteiger charge is -2.16. The monoisotopic (exact) mass is 183 g/mol. The van der Waals surface area contributed by atoms with E-state index in [9.17, 15) is 26.3 Å². The Morgan fingerprint density at radius 3 is 1.00 bits per heavy atom. The molecule has 0 saturated carbocycles. The first-order valence-electron chi connectivity index (χ1n) is 1.95. The van der Waals surface area contributed by atoms with Crippen LogP contribution in [0.25, 0.3) is 0 Å². The van der Waals surface area contributed by atoms with Crippen LogP contribution in [0.1, 0.15) is 0 Å². The van der Waals surface area contributed by atoms with Crippen molar-refractivity contribution in [2.75, 3.05) is 0 Å². The van der Waals surface area contributed by atoms with Crippen molar-refractivity contribution in [2.24, 2.45) is 0 Å². The zero-order chi connectivity index (χ0) is 8.58. The Hall–Kier alpha value is -0.0700. The highest BCUT2D eigenvalue weighted by molar-refractivity contribution is 7.81. The van der Waals surface area contributed by atoms with Crippen LogP contribution < -0.4 is 0 Å². The van der Waals surface area contributed by atoms with Crippen molar-refractivity contribution in [3.05, 3.63) is 0 Å². The van der Waals surface area contributed by atoms with E-state index in [0.29, 0.717) is 0 Å². The molecule has 0 aromatic carbocycles. The fourth-order valence-electron chi connectivity index (χ4n) is 0.186. The van der Waals surface area contributed by atoms with E-state index in [1.54, 1.807) is 0 Å².